The molecule has 0 aromatic heterocycles. The quantitative estimate of drug-likeness (QED) is 0.306. The first kappa shape index (κ1) is 19.7. The number of Topliss-reactive ketones (excluding diaryl/α,β-unsaturated/α-hetero) is 1. The number of phenols is 1. The maximum atomic E-state index is 12.4. The van der Waals surface area contributed by atoms with Crippen LogP contribution in [0.3, 0.4) is 0 Å². The summed E-state index contributed by atoms with van der Waals surface area (Å²) in [6.07, 6.45) is 4.97. The minimum absolute atomic E-state index is 0.152. The molecule has 0 fully saturated rings. The van der Waals surface area contributed by atoms with E-state index < -0.39 is 22.9 Å². The van der Waals surface area contributed by atoms with Crippen LogP contribution >= 0.6 is 12.6 Å². The number of aromatic hydroxyl groups is 1. The van der Waals surface area contributed by atoms with Crippen LogP contribution in [0.5, 0.6) is 5.75 Å². The number of carbonyl (C=O) groups is 3. The summed E-state index contributed by atoms with van der Waals surface area (Å²) in [5, 5.41) is 11.3. The molecule has 1 unspecified atom stereocenters. The second-order valence-electron chi connectivity index (χ2n) is 5.47. The summed E-state index contributed by atoms with van der Waals surface area (Å²) >= 11 is 3.76. The highest BCUT2D eigenvalue weighted by Gasteiger charge is 2.31. The van der Waals surface area contributed by atoms with Gasteiger partial charge in [-0.05, 0) is 37.1 Å². The first-order valence-corrected chi connectivity index (χ1v) is 7.85. The Kier molecular flexibility index (Phi) is 7.45. The van der Waals surface area contributed by atoms with E-state index in [1.54, 1.807) is 56.3 Å². The second-order valence-corrected chi connectivity index (χ2v) is 5.91. The molecule has 1 rings (SSSR count). The van der Waals surface area contributed by atoms with Crippen molar-refractivity contribution in [1.29, 1.82) is 0 Å². The molecule has 1 amide bonds. The number of hydrogen-bond acceptors (Lipinski definition) is 4. The minimum atomic E-state index is -1.04. The first-order chi connectivity index (χ1) is 11.2. The van der Waals surface area contributed by atoms with Gasteiger partial charge in [-0.3, -0.25) is 14.4 Å². The second kappa shape index (κ2) is 9.08. The average Bonchev–Trinajstić information content (AvgIpc) is 2.45. The lowest BCUT2D eigenvalue weighted by Gasteiger charge is -2.20. The zero-order valence-electron chi connectivity index (χ0n) is 13.8. The average molecular weight is 347 g/mol. The number of hydrogen-bond donors (Lipinski definition) is 3. The molecule has 5 nitrogen and oxygen atoms in total. The van der Waals surface area contributed by atoms with Crippen LogP contribution < -0.4 is 5.32 Å². The molecule has 0 bridgehead atoms. The fourth-order valence-corrected chi connectivity index (χ4v) is 2.56. The van der Waals surface area contributed by atoms with Gasteiger partial charge in [0, 0.05) is 13.0 Å². The molecule has 0 aliphatic rings. The van der Waals surface area contributed by atoms with Crippen molar-refractivity contribution in [2.24, 2.45) is 5.92 Å². The van der Waals surface area contributed by atoms with Gasteiger partial charge >= 0.3 is 0 Å². The van der Waals surface area contributed by atoms with E-state index in [9.17, 15) is 19.5 Å². The lowest BCUT2D eigenvalue weighted by atomic mass is 9.92. The number of thiol groups is 1. The van der Waals surface area contributed by atoms with Crippen molar-refractivity contribution in [3.8, 4) is 5.75 Å². The van der Waals surface area contributed by atoms with Crippen LogP contribution in [0, 0.1) is 5.92 Å². The zero-order valence-corrected chi connectivity index (χ0v) is 14.7. The summed E-state index contributed by atoms with van der Waals surface area (Å²) < 4.78 is 0. The number of ketones is 1. The van der Waals surface area contributed by atoms with Crippen LogP contribution in [0.25, 0.3) is 6.08 Å². The van der Waals surface area contributed by atoms with Crippen molar-refractivity contribution in [3.05, 3.63) is 47.6 Å². The Morgan fingerprint density at radius 2 is 1.92 bits per heavy atom. The summed E-state index contributed by atoms with van der Waals surface area (Å²) in [6, 6.07) is 6.02. The van der Waals surface area contributed by atoms with Gasteiger partial charge in [-0.2, -0.15) is 0 Å². The Bertz CT molecular complexity index is 694. The topological polar surface area (TPSA) is 83.5 Å². The Labute approximate surface area is 146 Å². The Hall–Kier alpha value is -2.34. The van der Waals surface area contributed by atoms with Crippen molar-refractivity contribution in [2.45, 2.75) is 26.8 Å². The lowest BCUT2D eigenvalue weighted by Crippen LogP contribution is -2.43. The van der Waals surface area contributed by atoms with Crippen LogP contribution in [0.4, 0.5) is 0 Å². The standard InChI is InChI=1S/C18H21NO4S/c1-11(6-4-7-14-8-5-9-15(21)10-14)17(22)16(18(23)24)12(2)19-13(3)20/h4-10,12,16,21H,1-3H3,(H,19,20)(H,23,24)/b7-4+,11-6+/t12?,16-/m0/s1. The monoisotopic (exact) mass is 347 g/mol. The maximum absolute atomic E-state index is 12.4. The van der Waals surface area contributed by atoms with Gasteiger partial charge in [0.05, 0.1) is 0 Å². The zero-order chi connectivity index (χ0) is 18.3. The van der Waals surface area contributed by atoms with Crippen LogP contribution in [-0.4, -0.2) is 28.0 Å². The Balaban J connectivity index is 2.89. The highest BCUT2D eigenvalue weighted by atomic mass is 32.1. The van der Waals surface area contributed by atoms with Crippen molar-refractivity contribution in [2.75, 3.05) is 0 Å². The van der Waals surface area contributed by atoms with E-state index in [1.165, 1.54) is 6.92 Å². The largest absolute Gasteiger partial charge is 0.508 e. The van der Waals surface area contributed by atoms with Gasteiger partial charge in [0.1, 0.15) is 11.7 Å². The third-order valence-electron chi connectivity index (χ3n) is 3.37. The SMILES string of the molecule is CC(=O)NC(C)[C@H](C(=O)S)C(=O)/C(C)=C/C=C/c1cccc(O)c1. The van der Waals surface area contributed by atoms with E-state index in [0.29, 0.717) is 5.57 Å². The van der Waals surface area contributed by atoms with Crippen LogP contribution in [0.15, 0.2) is 42.0 Å². The van der Waals surface area contributed by atoms with Gasteiger partial charge in [0.25, 0.3) is 0 Å². The predicted molar refractivity (Wildman–Crippen MR) is 96.7 cm³/mol. The molecular weight excluding hydrogens is 326 g/mol. The fourth-order valence-electron chi connectivity index (χ4n) is 2.22. The molecule has 2 N–H and O–H groups in total. The van der Waals surface area contributed by atoms with E-state index in [1.807, 2.05) is 0 Å². The smallest absolute Gasteiger partial charge is 0.217 e. The highest BCUT2D eigenvalue weighted by molar-refractivity contribution is 7.96. The maximum Gasteiger partial charge on any atom is 0.217 e. The number of carbonyl (C=O) groups excluding carboxylic acids is 3. The number of nitrogens with one attached hydrogen (secondary N) is 1. The number of allylic oxidation sites excluding steroid dienone is 3. The lowest BCUT2D eigenvalue weighted by molar-refractivity contribution is -0.127. The molecule has 6 heteroatoms. The van der Waals surface area contributed by atoms with Crippen molar-refractivity contribution >= 4 is 35.5 Å². The van der Waals surface area contributed by atoms with Crippen LogP contribution in [-0.2, 0) is 14.4 Å². The predicted octanol–water partition coefficient (Wildman–Crippen LogP) is 2.52. The highest BCUT2D eigenvalue weighted by Crippen LogP contribution is 2.16. The van der Waals surface area contributed by atoms with Gasteiger partial charge in [0.15, 0.2) is 10.9 Å². The molecule has 0 spiro atoms. The number of phenolic OH excluding ortho intramolecular Hbond substituents is 1. The van der Waals surface area contributed by atoms with Crippen LogP contribution in [0.2, 0.25) is 0 Å². The summed E-state index contributed by atoms with van der Waals surface area (Å²) in [4.78, 5) is 35.2. The first-order valence-electron chi connectivity index (χ1n) is 7.40. The summed E-state index contributed by atoms with van der Waals surface area (Å²) in [6.45, 7) is 4.51. The van der Waals surface area contributed by atoms with E-state index in [-0.39, 0.29) is 11.7 Å². The molecule has 0 saturated carbocycles. The Morgan fingerprint density at radius 1 is 1.25 bits per heavy atom. The molecule has 0 heterocycles. The van der Waals surface area contributed by atoms with Crippen molar-refractivity contribution < 1.29 is 19.5 Å². The normalized spacial score (nSPS) is 14.2. The van der Waals surface area contributed by atoms with Gasteiger partial charge in [0.2, 0.25) is 5.91 Å². The van der Waals surface area contributed by atoms with Crippen molar-refractivity contribution in [3.63, 3.8) is 0 Å². The summed E-state index contributed by atoms with van der Waals surface area (Å²) in [5.74, 6) is -1.60. The molecule has 0 aliphatic heterocycles. The van der Waals surface area contributed by atoms with Gasteiger partial charge in [-0.25, -0.2) is 0 Å². The van der Waals surface area contributed by atoms with Gasteiger partial charge in [-0.1, -0.05) is 30.4 Å². The third kappa shape index (κ3) is 6.04. The molecule has 0 saturated heterocycles. The minimum Gasteiger partial charge on any atom is -0.508 e. The molecule has 0 radical (unpaired) electrons. The molecule has 24 heavy (non-hydrogen) atoms. The number of amides is 1. The fraction of sp³-hybridized carbons (Fsp3) is 0.278. The van der Waals surface area contributed by atoms with E-state index >= 15 is 0 Å². The molecule has 2 atom stereocenters. The molecule has 1 aromatic carbocycles. The number of benzene rings is 1. The van der Waals surface area contributed by atoms with Gasteiger partial charge < -0.3 is 10.4 Å². The summed E-state index contributed by atoms with van der Waals surface area (Å²) in [7, 11) is 0. The Morgan fingerprint density at radius 3 is 2.46 bits per heavy atom. The van der Waals surface area contributed by atoms with E-state index in [4.69, 9.17) is 0 Å². The van der Waals surface area contributed by atoms with Gasteiger partial charge in [-0.15, -0.1) is 12.6 Å². The molecular formula is C18H21NO4S. The van der Waals surface area contributed by atoms with Crippen LogP contribution in [0.1, 0.15) is 26.3 Å². The molecule has 0 aliphatic carbocycles. The molecule has 1 aromatic rings. The summed E-state index contributed by atoms with van der Waals surface area (Å²) in [5.41, 5.74) is 1.15. The van der Waals surface area contributed by atoms with Crippen molar-refractivity contribution in [1.82, 2.24) is 5.32 Å². The van der Waals surface area contributed by atoms with E-state index in [0.717, 1.165) is 5.56 Å². The number of rotatable bonds is 7. The van der Waals surface area contributed by atoms with E-state index in [2.05, 4.69) is 17.9 Å². The third-order valence-corrected chi connectivity index (χ3v) is 3.65. The molecule has 128 valence electrons.